The van der Waals surface area contributed by atoms with E-state index in [2.05, 4.69) is 16.9 Å². The molecule has 2 atom stereocenters. The number of nitrogens with one attached hydrogen (secondary N) is 1. The van der Waals surface area contributed by atoms with Gasteiger partial charge >= 0.3 is 0 Å². The number of phenolic OH excluding ortho intramolecular Hbond substituents is 1. The molecule has 4 aromatic rings. The van der Waals surface area contributed by atoms with Crippen LogP contribution in [-0.4, -0.2) is 61.5 Å². The summed E-state index contributed by atoms with van der Waals surface area (Å²) < 4.78 is 16.6. The van der Waals surface area contributed by atoms with Crippen LogP contribution in [0.25, 0.3) is 28.0 Å². The third-order valence-electron chi connectivity index (χ3n) is 8.44. The number of piperazine rings is 1. The van der Waals surface area contributed by atoms with Crippen molar-refractivity contribution in [3.8, 4) is 22.7 Å². The highest BCUT2D eigenvalue weighted by atomic mass is 35.5. The van der Waals surface area contributed by atoms with Gasteiger partial charge in [0.05, 0.1) is 39.4 Å². The molecule has 0 bridgehead atoms. The van der Waals surface area contributed by atoms with Crippen LogP contribution in [0, 0.1) is 12.7 Å². The van der Waals surface area contributed by atoms with Gasteiger partial charge in [-0.1, -0.05) is 38.1 Å². The molecule has 1 saturated heterocycles. The van der Waals surface area contributed by atoms with E-state index in [1.165, 1.54) is 28.8 Å². The van der Waals surface area contributed by atoms with Crippen molar-refractivity contribution in [3.63, 3.8) is 0 Å². The first-order valence-electron chi connectivity index (χ1n) is 14.6. The number of fused-ring (bicyclic) bond motifs is 5. The summed E-state index contributed by atoms with van der Waals surface area (Å²) >= 11 is 6.83. The van der Waals surface area contributed by atoms with Crippen LogP contribution in [0.2, 0.25) is 5.02 Å². The number of aromatic hydroxyl groups is 1. The van der Waals surface area contributed by atoms with Crippen molar-refractivity contribution in [1.82, 2.24) is 19.4 Å². The number of aryl methyl sites for hydroxylation is 1. The molecule has 2 amide bonds. The summed E-state index contributed by atoms with van der Waals surface area (Å²) in [5.41, 5.74) is 1.61. The van der Waals surface area contributed by atoms with Crippen molar-refractivity contribution in [2.24, 2.45) is 0 Å². The van der Waals surface area contributed by atoms with E-state index in [9.17, 15) is 19.5 Å². The number of amides is 2. The van der Waals surface area contributed by atoms with Crippen LogP contribution in [0.5, 0.6) is 5.75 Å². The average molecular weight is 631 g/mol. The van der Waals surface area contributed by atoms with Crippen LogP contribution in [0.1, 0.15) is 44.4 Å². The number of halogens is 2. The predicted octanol–water partition coefficient (Wildman–Crippen LogP) is 5.31. The van der Waals surface area contributed by atoms with Crippen molar-refractivity contribution in [2.45, 2.75) is 52.1 Å². The maximum absolute atomic E-state index is 15.2. The molecule has 0 spiro atoms. The highest BCUT2D eigenvalue weighted by Crippen LogP contribution is 2.44. The summed E-state index contributed by atoms with van der Waals surface area (Å²) in [6.45, 7) is 11.8. The van der Waals surface area contributed by atoms with Gasteiger partial charge in [0.2, 0.25) is 11.8 Å². The number of nitrogens with zero attached hydrogens (tertiary/aromatic N) is 5. The van der Waals surface area contributed by atoms with Gasteiger partial charge < -0.3 is 20.2 Å². The molecule has 0 aliphatic carbocycles. The molecule has 45 heavy (non-hydrogen) atoms. The molecule has 2 aliphatic rings. The molecule has 0 radical (unpaired) electrons. The standard InChI is InChI=1S/C33H32ClFN6O4/c1-6-25(44)39-14-18(5)40-19(15-39)12-24(43)37-29-31(40)20-13-21(34)28(26-22(35)8-7-9-23(26)42)38-32(20)41(33(29)45)30-17(4)10-11-36-27(30)16(2)3/h6-11,13,16,18-19,42H,1,12,14-15H2,2-5H3,(H,37,43)/t18-,19+/m1/s1. The third kappa shape index (κ3) is 4.91. The summed E-state index contributed by atoms with van der Waals surface area (Å²) in [5.74, 6) is -1.84. The molecule has 10 nitrogen and oxygen atoms in total. The summed E-state index contributed by atoms with van der Waals surface area (Å²) in [7, 11) is 0. The van der Waals surface area contributed by atoms with Crippen LogP contribution in [-0.2, 0) is 9.59 Å². The molecule has 3 aromatic heterocycles. The van der Waals surface area contributed by atoms with E-state index >= 15 is 4.39 Å². The fraction of sp³-hybridized carbons (Fsp3) is 0.303. The first kappa shape index (κ1) is 30.3. The second-order valence-corrected chi connectivity index (χ2v) is 12.2. The Balaban J connectivity index is 1.76. The molecule has 12 heteroatoms. The minimum atomic E-state index is -0.739. The average Bonchev–Trinajstić information content (AvgIpc) is 3.14. The molecule has 0 saturated carbocycles. The zero-order valence-electron chi connectivity index (χ0n) is 25.3. The second-order valence-electron chi connectivity index (χ2n) is 11.8. The fourth-order valence-corrected chi connectivity index (χ4v) is 6.77. The van der Waals surface area contributed by atoms with E-state index in [0.717, 1.165) is 5.56 Å². The van der Waals surface area contributed by atoms with E-state index in [1.807, 2.05) is 32.6 Å². The Labute approximate surface area is 263 Å². The van der Waals surface area contributed by atoms with E-state index in [-0.39, 0.29) is 70.1 Å². The number of phenols is 1. The van der Waals surface area contributed by atoms with E-state index < -0.39 is 17.4 Å². The Morgan fingerprint density at radius 1 is 1.22 bits per heavy atom. The number of carbonyl (C=O) groups excluding carboxylic acids is 2. The normalized spacial score (nSPS) is 18.0. The third-order valence-corrected chi connectivity index (χ3v) is 8.73. The molecule has 2 N–H and O–H groups in total. The van der Waals surface area contributed by atoms with Gasteiger partial charge in [0.15, 0.2) is 5.65 Å². The van der Waals surface area contributed by atoms with Gasteiger partial charge in [-0.2, -0.15) is 0 Å². The van der Waals surface area contributed by atoms with Crippen molar-refractivity contribution in [3.05, 3.63) is 81.6 Å². The SMILES string of the molecule is C=CC(=O)N1C[C@@H]2CC(=O)Nc3c(c4cc(Cl)c(-c5c(O)cccc5F)nc4n(-c4c(C)ccnc4C(C)C)c3=O)N2[C@H](C)C1. The zero-order chi connectivity index (χ0) is 32.3. The zero-order valence-corrected chi connectivity index (χ0v) is 26.0. The minimum absolute atomic E-state index is 0.0202. The van der Waals surface area contributed by atoms with Gasteiger partial charge in [-0.05, 0) is 55.7 Å². The van der Waals surface area contributed by atoms with Crippen LogP contribution >= 0.6 is 11.6 Å². The number of aromatic nitrogens is 3. The quantitative estimate of drug-likeness (QED) is 0.293. The molecule has 2 aliphatic heterocycles. The molecular weight excluding hydrogens is 599 g/mol. The van der Waals surface area contributed by atoms with Crippen LogP contribution in [0.3, 0.4) is 0 Å². The van der Waals surface area contributed by atoms with E-state index in [1.54, 1.807) is 23.2 Å². The lowest BCUT2D eigenvalue weighted by Gasteiger charge is -2.46. The van der Waals surface area contributed by atoms with Crippen molar-refractivity contribution < 1.29 is 19.1 Å². The molecule has 232 valence electrons. The van der Waals surface area contributed by atoms with E-state index in [0.29, 0.717) is 29.0 Å². The highest BCUT2D eigenvalue weighted by Gasteiger charge is 2.41. The lowest BCUT2D eigenvalue weighted by atomic mass is 10.0. The molecule has 0 unspecified atom stereocenters. The molecule has 1 fully saturated rings. The summed E-state index contributed by atoms with van der Waals surface area (Å²) in [5, 5.41) is 14.0. The van der Waals surface area contributed by atoms with Crippen LogP contribution in [0.4, 0.5) is 15.8 Å². The highest BCUT2D eigenvalue weighted by molar-refractivity contribution is 6.34. The monoisotopic (exact) mass is 630 g/mol. The predicted molar refractivity (Wildman–Crippen MR) is 172 cm³/mol. The topological polar surface area (TPSA) is 121 Å². The largest absolute Gasteiger partial charge is 0.507 e. The number of rotatable bonds is 4. The number of hydrogen-bond acceptors (Lipinski definition) is 7. The number of hydrogen-bond donors (Lipinski definition) is 2. The van der Waals surface area contributed by atoms with Crippen molar-refractivity contribution >= 4 is 45.8 Å². The van der Waals surface area contributed by atoms with Crippen LogP contribution < -0.4 is 15.8 Å². The Hall–Kier alpha value is -4.77. The molecule has 1 aromatic carbocycles. The summed E-state index contributed by atoms with van der Waals surface area (Å²) in [6.07, 6.45) is 2.93. The second kappa shape index (κ2) is 11.3. The number of benzene rings is 1. The Bertz CT molecular complexity index is 1960. The smallest absolute Gasteiger partial charge is 0.282 e. The molecule has 6 rings (SSSR count). The van der Waals surface area contributed by atoms with Gasteiger partial charge in [-0.25, -0.2) is 9.37 Å². The van der Waals surface area contributed by atoms with Gasteiger partial charge in [0.1, 0.15) is 17.3 Å². The van der Waals surface area contributed by atoms with Gasteiger partial charge in [0, 0.05) is 37.1 Å². The number of carbonyl (C=O) groups is 2. The van der Waals surface area contributed by atoms with Crippen molar-refractivity contribution in [1.29, 1.82) is 0 Å². The van der Waals surface area contributed by atoms with Crippen molar-refractivity contribution in [2.75, 3.05) is 23.3 Å². The Kier molecular flexibility index (Phi) is 7.60. The lowest BCUT2D eigenvalue weighted by Crippen LogP contribution is -2.59. The maximum atomic E-state index is 15.2. The van der Waals surface area contributed by atoms with E-state index in [4.69, 9.17) is 16.6 Å². The molecular formula is C33H32ClFN6O4. The van der Waals surface area contributed by atoms with Gasteiger partial charge in [-0.15, -0.1) is 0 Å². The lowest BCUT2D eigenvalue weighted by molar-refractivity contribution is -0.128. The maximum Gasteiger partial charge on any atom is 0.282 e. The Morgan fingerprint density at radius 2 is 1.98 bits per heavy atom. The molecule has 5 heterocycles. The first-order valence-corrected chi connectivity index (χ1v) is 15.0. The number of anilines is 2. The van der Waals surface area contributed by atoms with Gasteiger partial charge in [-0.3, -0.25) is 23.9 Å². The fourth-order valence-electron chi connectivity index (χ4n) is 6.53. The van der Waals surface area contributed by atoms with Crippen LogP contribution in [0.15, 0.2) is 54.0 Å². The summed E-state index contributed by atoms with van der Waals surface area (Å²) in [4.78, 5) is 53.7. The minimum Gasteiger partial charge on any atom is -0.507 e. The first-order chi connectivity index (χ1) is 21.4. The summed E-state index contributed by atoms with van der Waals surface area (Å²) in [6, 6.07) is 6.46. The van der Waals surface area contributed by atoms with Gasteiger partial charge in [0.25, 0.3) is 5.56 Å². The Morgan fingerprint density at radius 3 is 2.67 bits per heavy atom. The number of pyridine rings is 3.